The number of hydrogen-bond donors (Lipinski definition) is 0. The molecule has 0 unspecified atom stereocenters. The Bertz CT molecular complexity index is 3810. The minimum atomic E-state index is 0.953. The maximum atomic E-state index is 5.59. The zero-order valence-corrected chi connectivity index (χ0v) is 39.5. The van der Waals surface area contributed by atoms with E-state index in [9.17, 15) is 0 Å². The normalized spacial score (nSPS) is 11.4. The molecular weight excluding hydrogens is 887 g/mol. The molecule has 70 heavy (non-hydrogen) atoms. The number of aromatic nitrogens is 3. The molecule has 5 heteroatoms. The van der Waals surface area contributed by atoms with Gasteiger partial charge in [-0.2, -0.15) is 0 Å². The third kappa shape index (κ3) is 7.58. The van der Waals surface area contributed by atoms with Gasteiger partial charge in [-0.15, -0.1) is 22.7 Å². The van der Waals surface area contributed by atoms with Gasteiger partial charge in [-0.05, 0) is 40.5 Å². The number of hydrogen-bond acceptors (Lipinski definition) is 5. The third-order valence-electron chi connectivity index (χ3n) is 13.2. The van der Waals surface area contributed by atoms with E-state index in [4.69, 9.17) is 15.0 Å². The molecule has 13 rings (SSSR count). The Kier molecular flexibility index (Phi) is 10.6. The number of fused-ring (bicyclic) bond motifs is 4. The predicted molar refractivity (Wildman–Crippen MR) is 297 cm³/mol. The summed E-state index contributed by atoms with van der Waals surface area (Å²) in [6, 6.07) is 88.3. The summed E-state index contributed by atoms with van der Waals surface area (Å²) in [7, 11) is 0. The van der Waals surface area contributed by atoms with Gasteiger partial charge in [0.2, 0.25) is 0 Å². The van der Waals surface area contributed by atoms with E-state index >= 15 is 0 Å². The number of thiophene rings is 1. The molecule has 0 bridgehead atoms. The van der Waals surface area contributed by atoms with Crippen LogP contribution in [0.1, 0.15) is 0 Å². The van der Waals surface area contributed by atoms with Gasteiger partial charge in [0.25, 0.3) is 0 Å². The van der Waals surface area contributed by atoms with E-state index in [0.717, 1.165) is 105 Å². The SMILES string of the molecule is c1ccc(-c2ccc(-c3ccc(-c4ccc(-c5ccc(-c6ccc(-c7ccccc7)nc6-c6ccccc6)cc5)c5sc(-c6cccc7c6sc6ccccc67)nc45)cc3)c(-c3ccccc3)n2)cc1. The van der Waals surface area contributed by atoms with E-state index < -0.39 is 0 Å². The van der Waals surface area contributed by atoms with Crippen molar-refractivity contribution in [2.24, 2.45) is 0 Å². The first-order chi connectivity index (χ1) is 34.7. The molecule has 0 atom stereocenters. The van der Waals surface area contributed by atoms with E-state index in [1.54, 1.807) is 11.3 Å². The molecule has 4 aromatic heterocycles. The van der Waals surface area contributed by atoms with Crippen LogP contribution in [0.15, 0.2) is 249 Å². The van der Waals surface area contributed by atoms with Gasteiger partial charge in [-0.3, -0.25) is 0 Å². The van der Waals surface area contributed by atoms with E-state index in [1.165, 1.54) is 25.7 Å². The molecule has 0 saturated heterocycles. The highest BCUT2D eigenvalue weighted by molar-refractivity contribution is 7.27. The van der Waals surface area contributed by atoms with Gasteiger partial charge < -0.3 is 0 Å². The summed E-state index contributed by atoms with van der Waals surface area (Å²) in [6.07, 6.45) is 0. The molecule has 3 nitrogen and oxygen atoms in total. The molecular formula is C65H41N3S2. The smallest absolute Gasteiger partial charge is 0.126 e. The van der Waals surface area contributed by atoms with Crippen LogP contribution in [-0.4, -0.2) is 15.0 Å². The lowest BCUT2D eigenvalue weighted by atomic mass is 9.94. The highest BCUT2D eigenvalue weighted by Crippen LogP contribution is 2.46. The Hall–Kier alpha value is -8.61. The molecule has 0 fully saturated rings. The molecule has 328 valence electrons. The first-order valence-electron chi connectivity index (χ1n) is 23.5. The van der Waals surface area contributed by atoms with Crippen molar-refractivity contribution in [1.29, 1.82) is 0 Å². The van der Waals surface area contributed by atoms with Crippen molar-refractivity contribution in [3.8, 4) is 100 Å². The number of benzene rings is 9. The van der Waals surface area contributed by atoms with Crippen LogP contribution in [0.25, 0.3) is 130 Å². The summed E-state index contributed by atoms with van der Waals surface area (Å²) < 4.78 is 3.71. The third-order valence-corrected chi connectivity index (χ3v) is 15.6. The summed E-state index contributed by atoms with van der Waals surface area (Å²) in [5, 5.41) is 3.57. The summed E-state index contributed by atoms with van der Waals surface area (Å²) in [5.41, 5.74) is 19.3. The topological polar surface area (TPSA) is 38.7 Å². The van der Waals surface area contributed by atoms with Crippen LogP contribution < -0.4 is 0 Å². The Morgan fingerprint density at radius 2 is 0.671 bits per heavy atom. The maximum Gasteiger partial charge on any atom is 0.126 e. The van der Waals surface area contributed by atoms with Gasteiger partial charge >= 0.3 is 0 Å². The van der Waals surface area contributed by atoms with Gasteiger partial charge in [0.1, 0.15) is 5.01 Å². The monoisotopic (exact) mass is 927 g/mol. The Balaban J connectivity index is 0.924. The second kappa shape index (κ2) is 17.8. The lowest BCUT2D eigenvalue weighted by Crippen LogP contribution is -1.93. The number of nitrogens with zero attached hydrogens (tertiary/aromatic N) is 3. The second-order valence-corrected chi connectivity index (χ2v) is 19.5. The van der Waals surface area contributed by atoms with Crippen LogP contribution in [0.3, 0.4) is 0 Å². The lowest BCUT2D eigenvalue weighted by Gasteiger charge is -2.14. The highest BCUT2D eigenvalue weighted by Gasteiger charge is 2.20. The minimum absolute atomic E-state index is 0.953. The van der Waals surface area contributed by atoms with Crippen molar-refractivity contribution in [3.63, 3.8) is 0 Å². The molecule has 0 spiro atoms. The van der Waals surface area contributed by atoms with E-state index in [-0.39, 0.29) is 0 Å². The minimum Gasteiger partial charge on any atom is -0.247 e. The van der Waals surface area contributed by atoms with Crippen molar-refractivity contribution in [2.75, 3.05) is 0 Å². The fraction of sp³-hybridized carbons (Fsp3) is 0. The van der Waals surface area contributed by atoms with Crippen LogP contribution in [0, 0.1) is 0 Å². The van der Waals surface area contributed by atoms with E-state index in [2.05, 4.69) is 237 Å². The van der Waals surface area contributed by atoms with Crippen LogP contribution in [0.2, 0.25) is 0 Å². The van der Waals surface area contributed by atoms with Gasteiger partial charge in [0.15, 0.2) is 0 Å². The molecule has 0 aliphatic rings. The Labute approximate surface area is 414 Å². The van der Waals surface area contributed by atoms with E-state index in [1.807, 2.05) is 23.5 Å². The maximum absolute atomic E-state index is 5.59. The fourth-order valence-corrected chi connectivity index (χ4v) is 12.2. The number of rotatable bonds is 9. The summed E-state index contributed by atoms with van der Waals surface area (Å²) in [6.45, 7) is 0. The largest absolute Gasteiger partial charge is 0.247 e. The molecule has 0 N–H and O–H groups in total. The van der Waals surface area contributed by atoms with Crippen molar-refractivity contribution >= 4 is 53.1 Å². The van der Waals surface area contributed by atoms with E-state index in [0.29, 0.717) is 0 Å². The van der Waals surface area contributed by atoms with Gasteiger partial charge in [0, 0.05) is 70.2 Å². The molecule has 9 aromatic carbocycles. The van der Waals surface area contributed by atoms with Crippen LogP contribution >= 0.6 is 22.7 Å². The molecule has 13 aromatic rings. The standard InChI is InChI=1S/C65H41N3S2/c1-5-16-46(17-6-1)57-40-38-50(60(66-57)48-20-9-3-10-21-48)42-28-30-44(31-29-42)52-36-37-53(64-62(52)68-65(70-64)56-26-15-25-55-54-24-13-14-27-59(54)69-63(55)56)45-34-32-43(33-35-45)51-39-41-58(47-18-7-2-8-19-47)67-61(51)49-22-11-4-12-23-49/h1-41H. The summed E-state index contributed by atoms with van der Waals surface area (Å²) >= 11 is 3.63. The fourth-order valence-electron chi connectivity index (χ4n) is 9.71. The predicted octanol–water partition coefficient (Wildman–Crippen LogP) is 18.5. The molecule has 0 aliphatic carbocycles. The zero-order valence-electron chi connectivity index (χ0n) is 37.8. The van der Waals surface area contributed by atoms with Crippen molar-refractivity contribution in [1.82, 2.24) is 15.0 Å². The van der Waals surface area contributed by atoms with Gasteiger partial charge in [0.05, 0.1) is 33.0 Å². The number of thiazole rings is 1. The zero-order chi connectivity index (χ0) is 46.4. The molecule has 0 radical (unpaired) electrons. The van der Waals surface area contributed by atoms with Crippen molar-refractivity contribution in [3.05, 3.63) is 249 Å². The first-order valence-corrected chi connectivity index (χ1v) is 25.1. The molecule has 4 heterocycles. The van der Waals surface area contributed by atoms with Crippen LogP contribution in [0.4, 0.5) is 0 Å². The van der Waals surface area contributed by atoms with Gasteiger partial charge in [-0.25, -0.2) is 15.0 Å². The Morgan fingerprint density at radius 3 is 1.21 bits per heavy atom. The average molecular weight is 928 g/mol. The first kappa shape index (κ1) is 41.6. The summed E-state index contributed by atoms with van der Waals surface area (Å²) in [4.78, 5) is 16.1. The molecule has 0 amide bonds. The van der Waals surface area contributed by atoms with Crippen LogP contribution in [-0.2, 0) is 0 Å². The van der Waals surface area contributed by atoms with Gasteiger partial charge in [-0.1, -0.05) is 231 Å². The number of pyridine rings is 2. The van der Waals surface area contributed by atoms with Crippen LogP contribution in [0.5, 0.6) is 0 Å². The Morgan fingerprint density at radius 1 is 0.243 bits per heavy atom. The highest BCUT2D eigenvalue weighted by atomic mass is 32.1. The lowest BCUT2D eigenvalue weighted by molar-refractivity contribution is 1.32. The molecule has 0 saturated carbocycles. The second-order valence-electron chi connectivity index (χ2n) is 17.4. The quantitative estimate of drug-likeness (QED) is 0.145. The average Bonchev–Trinajstić information content (AvgIpc) is 4.07. The summed E-state index contributed by atoms with van der Waals surface area (Å²) in [5.74, 6) is 0. The van der Waals surface area contributed by atoms with Crippen molar-refractivity contribution in [2.45, 2.75) is 0 Å². The molecule has 0 aliphatic heterocycles. The van der Waals surface area contributed by atoms with Crippen molar-refractivity contribution < 1.29 is 0 Å².